The van der Waals surface area contributed by atoms with Crippen LogP contribution >= 0.6 is 11.3 Å². The third kappa shape index (κ3) is 4.17. The van der Waals surface area contributed by atoms with Gasteiger partial charge in [0.25, 0.3) is 0 Å². The van der Waals surface area contributed by atoms with Crippen LogP contribution in [0.1, 0.15) is 5.69 Å². The number of nitrogens with zero attached hydrogens (tertiary/aromatic N) is 7. The van der Waals surface area contributed by atoms with Gasteiger partial charge in [-0.2, -0.15) is 0 Å². The first-order valence-corrected chi connectivity index (χ1v) is 10.5. The molecule has 0 aliphatic carbocycles. The smallest absolute Gasteiger partial charge is 0.231 e. The number of piperazine rings is 1. The SMILES string of the molecule is [C-]#[N+]c1cnc(Nc2ccc(N3CCN(C)CC3)cn2)nc1-c1sc(NC)nc1C. The molecule has 0 atom stereocenters. The van der Waals surface area contributed by atoms with Crippen LogP contribution in [0.4, 0.5) is 28.3 Å². The molecule has 0 saturated carbocycles. The number of hydrogen-bond donors (Lipinski definition) is 2. The molecule has 154 valence electrons. The maximum Gasteiger partial charge on any atom is 0.231 e. The van der Waals surface area contributed by atoms with Gasteiger partial charge in [-0.25, -0.2) is 24.8 Å². The first kappa shape index (κ1) is 20.0. The van der Waals surface area contributed by atoms with Gasteiger partial charge in [-0.15, -0.1) is 0 Å². The van der Waals surface area contributed by atoms with Crippen molar-refractivity contribution in [2.75, 3.05) is 55.8 Å². The van der Waals surface area contributed by atoms with Crippen molar-refractivity contribution in [3.63, 3.8) is 0 Å². The van der Waals surface area contributed by atoms with E-state index in [2.05, 4.69) is 58.3 Å². The standard InChI is InChI=1S/C20H23N9S/c1-13-18(30-20(22-3)25-13)17-15(21-2)12-24-19(27-17)26-16-6-5-14(11-23-16)29-9-7-28(4)8-10-29/h5-6,11-12H,7-10H2,1,3-4H3,(H,22,25)(H,23,24,26,27). The molecular weight excluding hydrogens is 398 g/mol. The summed E-state index contributed by atoms with van der Waals surface area (Å²) in [4.78, 5) is 26.9. The maximum atomic E-state index is 7.45. The van der Waals surface area contributed by atoms with Gasteiger partial charge >= 0.3 is 0 Å². The second-order valence-electron chi connectivity index (χ2n) is 7.04. The van der Waals surface area contributed by atoms with E-state index in [-0.39, 0.29) is 0 Å². The fraction of sp³-hybridized carbons (Fsp3) is 0.350. The van der Waals surface area contributed by atoms with Crippen LogP contribution in [0.15, 0.2) is 24.5 Å². The summed E-state index contributed by atoms with van der Waals surface area (Å²) in [6.07, 6.45) is 3.41. The Morgan fingerprint density at radius 2 is 1.90 bits per heavy atom. The molecule has 3 aromatic heterocycles. The zero-order valence-corrected chi connectivity index (χ0v) is 18.0. The summed E-state index contributed by atoms with van der Waals surface area (Å²) in [6, 6.07) is 3.98. The van der Waals surface area contributed by atoms with Crippen LogP contribution in [0.5, 0.6) is 0 Å². The van der Waals surface area contributed by atoms with Gasteiger partial charge in [0.05, 0.1) is 34.7 Å². The minimum absolute atomic E-state index is 0.397. The minimum atomic E-state index is 0.397. The second-order valence-corrected chi connectivity index (χ2v) is 8.04. The first-order chi connectivity index (χ1) is 14.6. The van der Waals surface area contributed by atoms with Crippen molar-refractivity contribution in [3.05, 3.63) is 41.6 Å². The molecule has 1 aliphatic heterocycles. The number of aromatic nitrogens is 4. The van der Waals surface area contributed by atoms with Crippen LogP contribution in [-0.4, -0.2) is 65.1 Å². The van der Waals surface area contributed by atoms with Gasteiger partial charge in [-0.1, -0.05) is 11.3 Å². The van der Waals surface area contributed by atoms with Gasteiger partial charge in [0, 0.05) is 39.4 Å². The molecule has 4 heterocycles. The van der Waals surface area contributed by atoms with E-state index < -0.39 is 0 Å². The molecule has 4 rings (SSSR count). The number of nitrogens with one attached hydrogen (secondary N) is 2. The molecule has 10 heteroatoms. The Balaban J connectivity index is 1.55. The van der Waals surface area contributed by atoms with Crippen molar-refractivity contribution in [2.45, 2.75) is 6.92 Å². The summed E-state index contributed by atoms with van der Waals surface area (Å²) >= 11 is 1.47. The summed E-state index contributed by atoms with van der Waals surface area (Å²) in [5.41, 5.74) is 2.91. The van der Waals surface area contributed by atoms with Crippen molar-refractivity contribution in [2.24, 2.45) is 0 Å². The van der Waals surface area contributed by atoms with E-state index in [0.29, 0.717) is 23.1 Å². The fourth-order valence-electron chi connectivity index (χ4n) is 3.23. The third-order valence-electron chi connectivity index (χ3n) is 4.97. The summed E-state index contributed by atoms with van der Waals surface area (Å²) in [5.74, 6) is 1.06. The predicted molar refractivity (Wildman–Crippen MR) is 121 cm³/mol. The van der Waals surface area contributed by atoms with Crippen LogP contribution in [-0.2, 0) is 0 Å². The lowest BCUT2D eigenvalue weighted by Gasteiger charge is -2.33. The molecule has 0 unspecified atom stereocenters. The van der Waals surface area contributed by atoms with E-state index in [0.717, 1.165) is 47.6 Å². The molecule has 2 N–H and O–H groups in total. The average molecular weight is 422 g/mol. The summed E-state index contributed by atoms with van der Waals surface area (Å²) in [5, 5.41) is 6.97. The zero-order chi connectivity index (χ0) is 21.1. The lowest BCUT2D eigenvalue weighted by Crippen LogP contribution is -2.44. The Kier molecular flexibility index (Phi) is 5.74. The van der Waals surface area contributed by atoms with E-state index in [1.165, 1.54) is 17.5 Å². The Labute approximate surface area is 179 Å². The normalized spacial score (nSPS) is 14.4. The molecule has 3 aromatic rings. The topological polar surface area (TPSA) is 86.5 Å². The number of aryl methyl sites for hydroxylation is 1. The molecule has 1 aliphatic rings. The fourth-order valence-corrected chi connectivity index (χ4v) is 4.15. The van der Waals surface area contributed by atoms with Crippen molar-refractivity contribution >= 4 is 39.6 Å². The van der Waals surface area contributed by atoms with Gasteiger partial charge in [-0.3, -0.25) is 0 Å². The quantitative estimate of drug-likeness (QED) is 0.607. The third-order valence-corrected chi connectivity index (χ3v) is 6.15. The number of hydrogen-bond acceptors (Lipinski definition) is 9. The van der Waals surface area contributed by atoms with Crippen LogP contribution in [0.2, 0.25) is 0 Å². The van der Waals surface area contributed by atoms with Gasteiger partial charge in [0.15, 0.2) is 5.13 Å². The van der Waals surface area contributed by atoms with Crippen LogP contribution in [0.25, 0.3) is 15.4 Å². The minimum Gasteiger partial charge on any atom is -0.368 e. The molecule has 0 radical (unpaired) electrons. The Hall–Kier alpha value is -3.29. The van der Waals surface area contributed by atoms with E-state index in [1.807, 2.05) is 26.2 Å². The Bertz CT molecular complexity index is 1060. The van der Waals surface area contributed by atoms with Gasteiger partial charge in [0.1, 0.15) is 5.82 Å². The van der Waals surface area contributed by atoms with Crippen molar-refractivity contribution in [1.29, 1.82) is 0 Å². The molecule has 30 heavy (non-hydrogen) atoms. The van der Waals surface area contributed by atoms with Gasteiger partial charge in [-0.05, 0) is 26.1 Å². The second kappa shape index (κ2) is 8.61. The molecule has 0 amide bonds. The first-order valence-electron chi connectivity index (χ1n) is 9.64. The maximum absolute atomic E-state index is 7.45. The zero-order valence-electron chi connectivity index (χ0n) is 17.2. The van der Waals surface area contributed by atoms with Gasteiger partial charge < -0.3 is 20.4 Å². The van der Waals surface area contributed by atoms with E-state index in [1.54, 1.807) is 0 Å². The van der Waals surface area contributed by atoms with E-state index >= 15 is 0 Å². The molecule has 0 bridgehead atoms. The van der Waals surface area contributed by atoms with Crippen molar-refractivity contribution < 1.29 is 0 Å². The van der Waals surface area contributed by atoms with Crippen molar-refractivity contribution in [3.8, 4) is 10.6 Å². The highest BCUT2D eigenvalue weighted by Gasteiger charge is 2.17. The number of rotatable bonds is 5. The summed E-state index contributed by atoms with van der Waals surface area (Å²) < 4.78 is 0. The Morgan fingerprint density at radius 1 is 1.10 bits per heavy atom. The lowest BCUT2D eigenvalue weighted by atomic mass is 10.2. The van der Waals surface area contributed by atoms with E-state index in [4.69, 9.17) is 6.57 Å². The van der Waals surface area contributed by atoms with Gasteiger partial charge in [0.2, 0.25) is 11.6 Å². The molecule has 1 saturated heterocycles. The van der Waals surface area contributed by atoms with Crippen LogP contribution in [0.3, 0.4) is 0 Å². The summed E-state index contributed by atoms with van der Waals surface area (Å²) in [6.45, 7) is 13.5. The van der Waals surface area contributed by atoms with Crippen LogP contribution in [0, 0.1) is 13.5 Å². The number of likely N-dealkylation sites (N-methyl/N-ethyl adjacent to an activating group) is 1. The monoisotopic (exact) mass is 421 g/mol. The number of anilines is 4. The number of thiazole rings is 1. The predicted octanol–water partition coefficient (Wildman–Crippen LogP) is 3.39. The molecule has 0 aromatic carbocycles. The summed E-state index contributed by atoms with van der Waals surface area (Å²) in [7, 11) is 3.96. The Morgan fingerprint density at radius 3 is 2.53 bits per heavy atom. The highest BCUT2D eigenvalue weighted by molar-refractivity contribution is 7.19. The molecular formula is C20H23N9S. The molecule has 0 spiro atoms. The highest BCUT2D eigenvalue weighted by Crippen LogP contribution is 2.37. The van der Waals surface area contributed by atoms with E-state index in [9.17, 15) is 0 Å². The average Bonchev–Trinajstić information content (AvgIpc) is 3.15. The molecule has 9 nitrogen and oxygen atoms in total. The lowest BCUT2D eigenvalue weighted by molar-refractivity contribution is 0.313. The largest absolute Gasteiger partial charge is 0.368 e. The highest BCUT2D eigenvalue weighted by atomic mass is 32.1. The van der Waals surface area contributed by atoms with Crippen molar-refractivity contribution in [1.82, 2.24) is 24.8 Å². The number of pyridine rings is 1. The molecule has 1 fully saturated rings. The van der Waals surface area contributed by atoms with Crippen LogP contribution < -0.4 is 15.5 Å².